The van der Waals surface area contributed by atoms with Gasteiger partial charge in [0.15, 0.2) is 11.5 Å². The van der Waals surface area contributed by atoms with E-state index in [0.29, 0.717) is 28.5 Å². The minimum absolute atomic E-state index is 0.203. The summed E-state index contributed by atoms with van der Waals surface area (Å²) in [6.07, 6.45) is 3.64. The van der Waals surface area contributed by atoms with E-state index < -0.39 is 10.0 Å². The first-order valence-electron chi connectivity index (χ1n) is 8.03. The Labute approximate surface area is 153 Å². The second-order valence-corrected chi connectivity index (χ2v) is 7.70. The number of sulfonamides is 1. The molecule has 1 heterocycles. The van der Waals surface area contributed by atoms with Crippen LogP contribution in [0.1, 0.15) is 11.1 Å². The van der Waals surface area contributed by atoms with E-state index in [0.717, 1.165) is 5.56 Å². The summed E-state index contributed by atoms with van der Waals surface area (Å²) in [6.45, 7) is 2.12. The van der Waals surface area contributed by atoms with Crippen molar-refractivity contribution in [3.63, 3.8) is 0 Å². The van der Waals surface area contributed by atoms with Crippen molar-refractivity contribution in [1.82, 2.24) is 0 Å². The molecule has 0 unspecified atom stereocenters. The van der Waals surface area contributed by atoms with Crippen LogP contribution in [0.15, 0.2) is 41.3 Å². The first-order chi connectivity index (χ1) is 12.4. The summed E-state index contributed by atoms with van der Waals surface area (Å²) >= 11 is 0. The molecule has 0 fully saturated rings. The lowest BCUT2D eigenvalue weighted by molar-refractivity contribution is 0.325. The number of anilines is 1. The molecule has 1 aliphatic rings. The molecule has 0 atom stereocenters. The van der Waals surface area contributed by atoms with Crippen molar-refractivity contribution in [2.45, 2.75) is 11.8 Å². The van der Waals surface area contributed by atoms with Crippen molar-refractivity contribution < 1.29 is 22.6 Å². The molecular formula is C19H21NO5S. The normalized spacial score (nSPS) is 13.3. The van der Waals surface area contributed by atoms with Gasteiger partial charge in [0.25, 0.3) is 10.0 Å². The third-order valence-corrected chi connectivity index (χ3v) is 6.04. The van der Waals surface area contributed by atoms with Crippen LogP contribution in [-0.4, -0.2) is 36.3 Å². The highest BCUT2D eigenvalue weighted by Gasteiger charge is 2.33. The third-order valence-electron chi connectivity index (χ3n) is 4.26. The number of hydrogen-bond acceptors (Lipinski definition) is 5. The molecule has 2 aromatic carbocycles. The van der Waals surface area contributed by atoms with Gasteiger partial charge in [-0.25, -0.2) is 8.42 Å². The number of nitrogens with zero attached hydrogens (tertiary/aromatic N) is 1. The van der Waals surface area contributed by atoms with Crippen LogP contribution < -0.4 is 18.5 Å². The molecule has 0 saturated carbocycles. The van der Waals surface area contributed by atoms with Gasteiger partial charge in [-0.1, -0.05) is 29.8 Å². The zero-order valence-electron chi connectivity index (χ0n) is 15.1. The second-order valence-electron chi connectivity index (χ2n) is 5.83. The summed E-state index contributed by atoms with van der Waals surface area (Å²) in [5.41, 5.74) is 2.11. The van der Waals surface area contributed by atoms with Gasteiger partial charge in [-0.05, 0) is 25.1 Å². The van der Waals surface area contributed by atoms with Gasteiger partial charge < -0.3 is 14.2 Å². The number of ether oxygens (including phenoxy) is 3. The summed E-state index contributed by atoms with van der Waals surface area (Å²) in [5.74, 6) is 1.15. The van der Waals surface area contributed by atoms with Gasteiger partial charge in [0.05, 0.1) is 32.8 Å². The fourth-order valence-corrected chi connectivity index (χ4v) is 4.41. The van der Waals surface area contributed by atoms with Crippen LogP contribution >= 0.6 is 0 Å². The van der Waals surface area contributed by atoms with Gasteiger partial charge in [0.1, 0.15) is 5.69 Å². The van der Waals surface area contributed by atoms with Gasteiger partial charge in [0, 0.05) is 5.56 Å². The van der Waals surface area contributed by atoms with Crippen LogP contribution in [-0.2, 0) is 10.0 Å². The smallest absolute Gasteiger partial charge is 0.264 e. The average molecular weight is 375 g/mol. The molecule has 26 heavy (non-hydrogen) atoms. The Hall–Kier alpha value is -2.67. The maximum atomic E-state index is 13.2. The van der Waals surface area contributed by atoms with Crippen LogP contribution in [0.3, 0.4) is 0 Å². The highest BCUT2D eigenvalue weighted by molar-refractivity contribution is 7.92. The predicted molar refractivity (Wildman–Crippen MR) is 101 cm³/mol. The van der Waals surface area contributed by atoms with Crippen LogP contribution in [0.5, 0.6) is 17.2 Å². The van der Waals surface area contributed by atoms with Crippen LogP contribution in [0.2, 0.25) is 0 Å². The fourth-order valence-electron chi connectivity index (χ4n) is 2.97. The van der Waals surface area contributed by atoms with E-state index >= 15 is 0 Å². The van der Waals surface area contributed by atoms with Crippen molar-refractivity contribution in [3.8, 4) is 17.2 Å². The highest BCUT2D eigenvalue weighted by atomic mass is 32.2. The maximum absolute atomic E-state index is 13.2. The second kappa shape index (κ2) is 6.92. The molecule has 0 spiro atoms. The summed E-state index contributed by atoms with van der Waals surface area (Å²) < 4.78 is 44.1. The zero-order chi connectivity index (χ0) is 18.9. The summed E-state index contributed by atoms with van der Waals surface area (Å²) in [4.78, 5) is 0.223. The summed E-state index contributed by atoms with van der Waals surface area (Å²) in [7, 11) is 0.730. The lowest BCUT2D eigenvalue weighted by Gasteiger charge is -2.30. The molecule has 3 rings (SSSR count). The molecule has 7 heteroatoms. The van der Waals surface area contributed by atoms with Crippen molar-refractivity contribution >= 4 is 21.8 Å². The molecule has 0 aliphatic carbocycles. The molecule has 138 valence electrons. The number of methoxy groups -OCH3 is 3. The number of aryl methyl sites for hydroxylation is 1. The van der Waals surface area contributed by atoms with E-state index in [4.69, 9.17) is 14.2 Å². The molecule has 0 aromatic heterocycles. The molecule has 0 saturated heterocycles. The number of benzene rings is 2. The van der Waals surface area contributed by atoms with Crippen molar-refractivity contribution in [2.24, 2.45) is 0 Å². The Bertz CT molecular complexity index is 949. The molecule has 2 aromatic rings. The van der Waals surface area contributed by atoms with E-state index in [2.05, 4.69) is 0 Å². The Morgan fingerprint density at radius 2 is 1.62 bits per heavy atom. The largest absolute Gasteiger partial charge is 0.493 e. The quantitative estimate of drug-likeness (QED) is 0.803. The molecule has 1 aliphatic heterocycles. The van der Waals surface area contributed by atoms with E-state index in [1.807, 2.05) is 13.0 Å². The third kappa shape index (κ3) is 2.88. The number of rotatable bonds is 5. The standard InChI is InChI=1S/C19H21NO5S/c1-13-7-9-15(10-8-13)26(21,22)20-11-5-6-14-12-16(23-2)18(24-3)19(25-4)17(14)20/h5-10,12H,11H2,1-4H3. The lowest BCUT2D eigenvalue weighted by Crippen LogP contribution is -2.33. The Balaban J connectivity index is 2.23. The molecular weight excluding hydrogens is 354 g/mol. The first kappa shape index (κ1) is 18.1. The molecule has 0 amide bonds. The first-order valence-corrected chi connectivity index (χ1v) is 9.47. The monoisotopic (exact) mass is 375 g/mol. The maximum Gasteiger partial charge on any atom is 0.264 e. The van der Waals surface area contributed by atoms with Crippen molar-refractivity contribution in [1.29, 1.82) is 0 Å². The highest BCUT2D eigenvalue weighted by Crippen LogP contribution is 2.49. The van der Waals surface area contributed by atoms with E-state index in [1.54, 1.807) is 36.4 Å². The van der Waals surface area contributed by atoms with E-state index in [9.17, 15) is 8.42 Å². The van der Waals surface area contributed by atoms with Crippen LogP contribution in [0, 0.1) is 6.92 Å². The Kier molecular flexibility index (Phi) is 4.82. The van der Waals surface area contributed by atoms with E-state index in [1.165, 1.54) is 25.6 Å². The van der Waals surface area contributed by atoms with Crippen LogP contribution in [0.4, 0.5) is 5.69 Å². The summed E-state index contributed by atoms with van der Waals surface area (Å²) in [6, 6.07) is 8.51. The summed E-state index contributed by atoms with van der Waals surface area (Å²) in [5, 5.41) is 0. The van der Waals surface area contributed by atoms with Crippen LogP contribution in [0.25, 0.3) is 6.08 Å². The van der Waals surface area contributed by atoms with Crippen molar-refractivity contribution in [2.75, 3.05) is 32.2 Å². The Morgan fingerprint density at radius 3 is 2.19 bits per heavy atom. The average Bonchev–Trinajstić information content (AvgIpc) is 2.65. The van der Waals surface area contributed by atoms with Gasteiger partial charge >= 0.3 is 0 Å². The molecule has 6 nitrogen and oxygen atoms in total. The number of hydrogen-bond donors (Lipinski definition) is 0. The van der Waals surface area contributed by atoms with Gasteiger partial charge in [-0.15, -0.1) is 0 Å². The SMILES string of the molecule is COc1cc2c(c(OC)c1OC)N(S(=O)(=O)c1ccc(C)cc1)CC=C2. The van der Waals surface area contributed by atoms with Crippen molar-refractivity contribution in [3.05, 3.63) is 47.5 Å². The minimum atomic E-state index is -3.76. The lowest BCUT2D eigenvalue weighted by atomic mass is 10.1. The fraction of sp³-hybridized carbons (Fsp3) is 0.263. The molecule has 0 radical (unpaired) electrons. The predicted octanol–water partition coefficient (Wildman–Crippen LogP) is 3.24. The molecule has 0 N–H and O–H groups in total. The van der Waals surface area contributed by atoms with E-state index in [-0.39, 0.29) is 11.4 Å². The molecule has 0 bridgehead atoms. The Morgan fingerprint density at radius 1 is 0.962 bits per heavy atom. The van der Waals surface area contributed by atoms with Gasteiger partial charge in [-0.3, -0.25) is 4.31 Å². The van der Waals surface area contributed by atoms with Gasteiger partial charge in [-0.2, -0.15) is 0 Å². The minimum Gasteiger partial charge on any atom is -0.493 e. The van der Waals surface area contributed by atoms with Gasteiger partial charge in [0.2, 0.25) is 5.75 Å². The topological polar surface area (TPSA) is 65.1 Å². The number of fused-ring (bicyclic) bond motifs is 1. The zero-order valence-corrected chi connectivity index (χ0v) is 16.0.